The molecule has 0 bridgehead atoms. The van der Waals surface area contributed by atoms with Crippen LogP contribution in [0.1, 0.15) is 11.1 Å². The lowest BCUT2D eigenvalue weighted by atomic mass is 10.1. The molecule has 0 spiro atoms. The molecule has 0 aliphatic heterocycles. The zero-order chi connectivity index (χ0) is 26.4. The number of aromatic nitrogens is 4. The van der Waals surface area contributed by atoms with Gasteiger partial charge in [-0.05, 0) is 34.5 Å². The number of amides is 1. The molecule has 6 nitrogen and oxygen atoms in total. The average Bonchev–Trinajstić information content (AvgIpc) is 3.63. The minimum absolute atomic E-state index is 0.275. The summed E-state index contributed by atoms with van der Waals surface area (Å²) in [7, 11) is 0. The van der Waals surface area contributed by atoms with Crippen LogP contribution < -0.4 is 5.32 Å². The molecule has 6 aromatic rings. The molecule has 6 rings (SSSR count). The zero-order valence-electron chi connectivity index (χ0n) is 20.8. The highest BCUT2D eigenvalue weighted by atomic mass is 32.2. The Hall–Kier alpha value is -4.53. The van der Waals surface area contributed by atoms with Gasteiger partial charge in [0.15, 0.2) is 4.34 Å². The molecule has 1 amide bonds. The molecule has 0 aliphatic rings. The van der Waals surface area contributed by atoms with E-state index in [0.717, 1.165) is 32.6 Å². The third-order valence-electron chi connectivity index (χ3n) is 6.09. The number of benzene rings is 4. The Labute approximate surface area is 234 Å². The average molecular weight is 546 g/mol. The van der Waals surface area contributed by atoms with E-state index in [2.05, 4.69) is 51.9 Å². The van der Waals surface area contributed by atoms with Crippen molar-refractivity contribution in [2.75, 3.05) is 5.32 Å². The number of nitrogens with one attached hydrogen (secondary N) is 1. The van der Waals surface area contributed by atoms with E-state index in [1.807, 2.05) is 77.6 Å². The maximum Gasteiger partial charge on any atom is 0.250 e. The molecule has 0 atom stereocenters. The maximum atomic E-state index is 12.8. The van der Waals surface area contributed by atoms with E-state index in [1.54, 1.807) is 17.8 Å². The quantitative estimate of drug-likeness (QED) is 0.122. The molecule has 0 saturated heterocycles. The van der Waals surface area contributed by atoms with Crippen LogP contribution in [0.4, 0.5) is 5.13 Å². The number of nitrogens with zero attached hydrogens (tertiary/aromatic N) is 4. The molecule has 0 unspecified atom stereocenters. The van der Waals surface area contributed by atoms with Crippen molar-refractivity contribution in [2.45, 2.75) is 10.1 Å². The molecule has 0 radical (unpaired) electrons. The van der Waals surface area contributed by atoms with Crippen molar-refractivity contribution in [3.8, 4) is 16.9 Å². The molecule has 1 N–H and O–H groups in total. The standard InChI is InChI=1S/C31H23N5OS2/c37-28(32-30-33-34-31(39-30)38-21-25-14-9-13-22-10-7-8-17-27(22)25)19-18-24-20-36(26-15-5-2-6-16-26)35-29(24)23-11-3-1-4-12-23/h1-20H,21H2,(H,32,33,37)/b19-18+. The summed E-state index contributed by atoms with van der Waals surface area (Å²) in [5, 5.41) is 19.0. The fourth-order valence-corrected chi connectivity index (χ4v) is 5.99. The van der Waals surface area contributed by atoms with Crippen molar-refractivity contribution >= 4 is 51.0 Å². The Bertz CT molecular complexity index is 1760. The normalized spacial score (nSPS) is 11.3. The van der Waals surface area contributed by atoms with Crippen molar-refractivity contribution in [3.05, 3.63) is 127 Å². The number of thioether (sulfide) groups is 1. The summed E-state index contributed by atoms with van der Waals surface area (Å²) >= 11 is 2.98. The van der Waals surface area contributed by atoms with Crippen molar-refractivity contribution in [3.63, 3.8) is 0 Å². The maximum absolute atomic E-state index is 12.8. The van der Waals surface area contributed by atoms with Crippen LogP contribution in [-0.2, 0) is 10.5 Å². The van der Waals surface area contributed by atoms with Crippen LogP contribution in [-0.4, -0.2) is 25.9 Å². The van der Waals surface area contributed by atoms with E-state index in [-0.39, 0.29) is 5.91 Å². The van der Waals surface area contributed by atoms with Gasteiger partial charge in [-0.15, -0.1) is 10.2 Å². The first-order valence-corrected chi connectivity index (χ1v) is 14.2. The van der Waals surface area contributed by atoms with Gasteiger partial charge in [-0.3, -0.25) is 10.1 Å². The Kier molecular flexibility index (Phi) is 7.29. The van der Waals surface area contributed by atoms with E-state index < -0.39 is 0 Å². The van der Waals surface area contributed by atoms with Gasteiger partial charge in [0.05, 0.1) is 11.4 Å². The first-order chi connectivity index (χ1) is 19.2. The Morgan fingerprint density at radius 1 is 0.872 bits per heavy atom. The minimum atomic E-state index is -0.275. The fraction of sp³-hybridized carbons (Fsp3) is 0.0323. The number of carbonyl (C=O) groups is 1. The Morgan fingerprint density at radius 2 is 1.62 bits per heavy atom. The molecule has 4 aromatic carbocycles. The summed E-state index contributed by atoms with van der Waals surface area (Å²) in [4.78, 5) is 12.8. The van der Waals surface area contributed by atoms with Crippen molar-refractivity contribution in [1.29, 1.82) is 0 Å². The third-order valence-corrected chi connectivity index (χ3v) is 8.11. The van der Waals surface area contributed by atoms with E-state index in [1.165, 1.54) is 33.7 Å². The molecule has 0 fully saturated rings. The SMILES string of the molecule is O=C(/C=C/c1cn(-c2ccccc2)nc1-c1ccccc1)Nc1nnc(SCc2cccc3ccccc23)s1. The van der Waals surface area contributed by atoms with E-state index >= 15 is 0 Å². The summed E-state index contributed by atoms with van der Waals surface area (Å²) < 4.78 is 2.63. The summed E-state index contributed by atoms with van der Waals surface area (Å²) in [6.45, 7) is 0. The van der Waals surface area contributed by atoms with Gasteiger partial charge >= 0.3 is 0 Å². The van der Waals surface area contributed by atoms with E-state index in [9.17, 15) is 4.79 Å². The summed E-state index contributed by atoms with van der Waals surface area (Å²) in [6, 6.07) is 34.5. The van der Waals surface area contributed by atoms with Crippen molar-refractivity contribution in [2.24, 2.45) is 0 Å². The third kappa shape index (κ3) is 5.82. The van der Waals surface area contributed by atoms with Crippen molar-refractivity contribution < 1.29 is 4.79 Å². The summed E-state index contributed by atoms with van der Waals surface area (Å²) in [5.74, 6) is 0.501. The monoisotopic (exact) mass is 545 g/mol. The Balaban J connectivity index is 1.15. The zero-order valence-corrected chi connectivity index (χ0v) is 22.4. The second kappa shape index (κ2) is 11.5. The molecule has 8 heteroatoms. The highest BCUT2D eigenvalue weighted by Gasteiger charge is 2.12. The van der Waals surface area contributed by atoms with Crippen LogP contribution in [0.15, 0.2) is 120 Å². The minimum Gasteiger partial charge on any atom is -0.297 e. The topological polar surface area (TPSA) is 72.7 Å². The van der Waals surface area contributed by atoms with Crippen molar-refractivity contribution in [1.82, 2.24) is 20.0 Å². The van der Waals surface area contributed by atoms with Gasteiger partial charge in [0.25, 0.3) is 0 Å². The molecule has 2 heterocycles. The van der Waals surface area contributed by atoms with Gasteiger partial charge in [-0.25, -0.2) is 4.68 Å². The van der Waals surface area contributed by atoms with E-state index in [4.69, 9.17) is 5.10 Å². The molecular weight excluding hydrogens is 523 g/mol. The molecular formula is C31H23N5OS2. The number of rotatable bonds is 8. The van der Waals surface area contributed by atoms with Crippen LogP contribution in [0.2, 0.25) is 0 Å². The summed E-state index contributed by atoms with van der Waals surface area (Å²) in [5.41, 5.74) is 4.80. The molecule has 0 aliphatic carbocycles. The summed E-state index contributed by atoms with van der Waals surface area (Å²) in [6.07, 6.45) is 5.21. The van der Waals surface area contributed by atoms with Gasteiger partial charge in [-0.1, -0.05) is 114 Å². The fourth-order valence-electron chi connectivity index (χ4n) is 4.23. The predicted octanol–water partition coefficient (Wildman–Crippen LogP) is 7.49. The smallest absolute Gasteiger partial charge is 0.250 e. The van der Waals surface area contributed by atoms with Crippen LogP contribution in [0, 0.1) is 0 Å². The Morgan fingerprint density at radius 3 is 2.46 bits per heavy atom. The first-order valence-electron chi connectivity index (χ1n) is 12.4. The second-order valence-electron chi connectivity index (χ2n) is 8.70. The van der Waals surface area contributed by atoms with Crippen LogP contribution in [0.25, 0.3) is 33.8 Å². The van der Waals surface area contributed by atoms with Crippen LogP contribution in [0.5, 0.6) is 0 Å². The molecule has 190 valence electrons. The molecule has 2 aromatic heterocycles. The lowest BCUT2D eigenvalue weighted by Crippen LogP contribution is -2.07. The molecule has 39 heavy (non-hydrogen) atoms. The number of carbonyl (C=O) groups excluding carboxylic acids is 1. The van der Waals surface area contributed by atoms with Gasteiger partial charge in [0, 0.05) is 29.2 Å². The van der Waals surface area contributed by atoms with Gasteiger partial charge in [0.2, 0.25) is 11.0 Å². The largest absolute Gasteiger partial charge is 0.297 e. The number of hydrogen-bond donors (Lipinski definition) is 1. The lowest BCUT2D eigenvalue weighted by molar-refractivity contribution is -0.111. The van der Waals surface area contributed by atoms with Gasteiger partial charge in [-0.2, -0.15) is 5.10 Å². The lowest BCUT2D eigenvalue weighted by Gasteiger charge is -2.04. The second-order valence-corrected chi connectivity index (χ2v) is 10.9. The highest BCUT2D eigenvalue weighted by molar-refractivity contribution is 8.00. The van der Waals surface area contributed by atoms with Gasteiger partial charge < -0.3 is 0 Å². The molecule has 0 saturated carbocycles. The predicted molar refractivity (Wildman–Crippen MR) is 160 cm³/mol. The number of fused-ring (bicyclic) bond motifs is 1. The highest BCUT2D eigenvalue weighted by Crippen LogP contribution is 2.31. The number of anilines is 1. The first kappa shape index (κ1) is 24.8. The van der Waals surface area contributed by atoms with Crippen LogP contribution >= 0.6 is 23.1 Å². The number of hydrogen-bond acceptors (Lipinski definition) is 6. The van der Waals surface area contributed by atoms with Crippen LogP contribution in [0.3, 0.4) is 0 Å². The van der Waals surface area contributed by atoms with Gasteiger partial charge in [0.1, 0.15) is 0 Å². The number of para-hydroxylation sites is 1. The van der Waals surface area contributed by atoms with E-state index in [0.29, 0.717) is 5.13 Å².